The molecule has 0 radical (unpaired) electrons. The second-order valence-electron chi connectivity index (χ2n) is 32.5. The summed E-state index contributed by atoms with van der Waals surface area (Å²) in [6.45, 7) is 65.1. The first-order valence-corrected chi connectivity index (χ1v) is 45.3. The lowest BCUT2D eigenvalue weighted by Crippen LogP contribution is -2.57. The Hall–Kier alpha value is -0.392. The normalized spacial score (nSPS) is 26.2. The molecule has 0 unspecified atom stereocenters. The summed E-state index contributed by atoms with van der Waals surface area (Å²) in [5.41, 5.74) is 0. The van der Waals surface area contributed by atoms with Gasteiger partial charge in [-0.3, -0.25) is 9.59 Å². The van der Waals surface area contributed by atoms with E-state index in [1.807, 2.05) is 40.7 Å². The number of Topliss-reactive ketones (excluding diaryl/α,β-unsaturated/α-hetero) is 2. The van der Waals surface area contributed by atoms with Gasteiger partial charge < -0.3 is 37.0 Å². The van der Waals surface area contributed by atoms with Crippen LogP contribution in [-0.4, -0.2) is 111 Å². The monoisotopic (exact) mass is 1350 g/mol. The van der Waals surface area contributed by atoms with Gasteiger partial charge in [-0.1, -0.05) is 180 Å². The summed E-state index contributed by atoms with van der Waals surface area (Å²) in [6.07, 6.45) is 9.47. The van der Waals surface area contributed by atoms with Crippen LogP contribution < -0.4 is 0 Å². The predicted molar refractivity (Wildman–Crippen MR) is 365 cm³/mol. The molecule has 16 heteroatoms. The van der Waals surface area contributed by atoms with Crippen molar-refractivity contribution in [2.45, 2.75) is 325 Å². The smallest absolute Gasteiger partial charge is 0.330 e. The molecule has 2 aliphatic heterocycles. The van der Waals surface area contributed by atoms with Gasteiger partial charge in [-0.15, -0.1) is 0 Å². The number of carbonyl (C=O) groups excluding carboxylic acids is 3. The third-order valence-electron chi connectivity index (χ3n) is 21.5. The zero-order valence-electron chi connectivity index (χ0n) is 58.8. The van der Waals surface area contributed by atoms with Crippen LogP contribution in [0.3, 0.4) is 0 Å². The van der Waals surface area contributed by atoms with E-state index in [1.165, 1.54) is 0 Å². The van der Waals surface area contributed by atoms with Crippen molar-refractivity contribution in [2.75, 3.05) is 6.61 Å². The maximum Gasteiger partial charge on any atom is 0.330 e. The molecule has 2 aliphatic rings. The Morgan fingerprint density at radius 1 is 0.627 bits per heavy atom. The highest BCUT2D eigenvalue weighted by Gasteiger charge is 2.53. The molecular formula is C67H129IO11Si4. The van der Waals surface area contributed by atoms with Gasteiger partial charge in [0.2, 0.25) is 0 Å². The van der Waals surface area contributed by atoms with Gasteiger partial charge in [0.1, 0.15) is 17.7 Å². The number of hydrogen-bond donors (Lipinski definition) is 1. The number of esters is 1. The van der Waals surface area contributed by atoms with Crippen LogP contribution in [-0.2, 0) is 46.3 Å². The van der Waals surface area contributed by atoms with Gasteiger partial charge in [0.25, 0.3) is 0 Å². The second-order valence-corrected chi connectivity index (χ2v) is 52.2. The third kappa shape index (κ3) is 21.6. The SMILES string of the molecule is CC[C@@H](/C=C/I)CC[C@@H]1O[C@]2(CC[C@H](C)[C@H](C[C@@H](C)O[Si](C)(C)C(C)(C)C)O2)C[C@H](OC(=O)/C=C/[C@H](C)[C@@H](O[Si](C)(C)C(C)(C)C)[C@H](C)C(=O)[C@H](C)[C@@H](O[Si](C)(C)C(C)(C)C)[C@H](C)C(=O)[C@@H](C)[C@@H](O[Si](C)(C)C(C)(C)C)[C@H](C)CCO)[C@@H]1C. The summed E-state index contributed by atoms with van der Waals surface area (Å²) in [4.78, 5) is 45.2. The first-order chi connectivity index (χ1) is 37.5. The molecule has 2 heterocycles. The maximum atomic E-state index is 15.6. The molecule has 1 N–H and O–H groups in total. The van der Waals surface area contributed by atoms with E-state index in [2.05, 4.69) is 203 Å². The van der Waals surface area contributed by atoms with Crippen LogP contribution in [0.25, 0.3) is 0 Å². The largest absolute Gasteiger partial charge is 0.459 e. The summed E-state index contributed by atoms with van der Waals surface area (Å²) >= 11 is 2.31. The minimum atomic E-state index is -2.57. The Morgan fingerprint density at radius 2 is 1.05 bits per heavy atom. The van der Waals surface area contributed by atoms with E-state index in [4.69, 9.17) is 31.9 Å². The van der Waals surface area contributed by atoms with E-state index < -0.39 is 93.1 Å². The first kappa shape index (κ1) is 78.7. The number of allylic oxidation sites excluding steroid dienone is 1. The standard InChI is InChI=1S/C67H129IO11Si4/c1-31-53(37-40-68)33-34-54-48(6)56(43-67(74-54)39-36-44(2)55(75-67)42-47(5)76-80(23,24)63(11,12)13)73-57(70)35-32-45(3)60(77-81(25,26)64(14,15)16)49(7)58(71)51(9)62(79-83(29,30)66(20,21)22)52(10)59(72)50(8)61(46(4)38-41-69)78-82(27,28)65(17,18)19/h32,35,37,40,44-56,60-62,69H,31,33-34,36,38-39,41-43H2,1-30H3/b35-32+,40-37+/t44-,45-,46+,47+,48+,49+,50+,51-,52+,53+,54-,55-,56-,60+,61-,62+,67-/m0/s1. The second kappa shape index (κ2) is 31.1. The van der Waals surface area contributed by atoms with E-state index >= 15 is 9.59 Å². The molecule has 0 aromatic carbocycles. The van der Waals surface area contributed by atoms with Gasteiger partial charge >= 0.3 is 5.97 Å². The fraction of sp³-hybridized carbons (Fsp3) is 0.896. The van der Waals surface area contributed by atoms with Gasteiger partial charge in [0.15, 0.2) is 39.1 Å². The molecule has 0 aromatic heterocycles. The molecule has 486 valence electrons. The average Bonchev–Trinajstić information content (AvgIpc) is 3.14. The molecular weight excluding hydrogens is 1220 g/mol. The first-order valence-electron chi connectivity index (χ1n) is 32.4. The number of rotatable bonds is 30. The molecule has 0 aromatic rings. The number of aliphatic hydroxyl groups excluding tert-OH is 1. The molecule has 0 aliphatic carbocycles. The Kier molecular flexibility index (Phi) is 29.5. The number of ketones is 2. The fourth-order valence-corrected chi connectivity index (χ4v) is 17.6. The van der Waals surface area contributed by atoms with E-state index in [0.29, 0.717) is 24.7 Å². The molecule has 11 nitrogen and oxygen atoms in total. The van der Waals surface area contributed by atoms with Gasteiger partial charge in [-0.25, -0.2) is 4.79 Å². The number of hydrogen-bond acceptors (Lipinski definition) is 11. The van der Waals surface area contributed by atoms with Gasteiger partial charge in [0.05, 0.1) is 30.5 Å². The molecule has 0 amide bonds. The number of carbonyl (C=O) groups is 3. The molecule has 0 bridgehead atoms. The Bertz CT molecular complexity index is 2100. The minimum absolute atomic E-state index is 0.000738. The van der Waals surface area contributed by atoms with Crippen LogP contribution in [0.15, 0.2) is 22.3 Å². The zero-order valence-corrected chi connectivity index (χ0v) is 65.0. The van der Waals surface area contributed by atoms with Crippen molar-refractivity contribution >= 4 is 73.4 Å². The number of ether oxygens (including phenoxy) is 3. The maximum absolute atomic E-state index is 15.6. The van der Waals surface area contributed by atoms with Crippen LogP contribution in [0.1, 0.15) is 204 Å². The fourth-order valence-electron chi connectivity index (χ4n) is 11.1. The quantitative estimate of drug-likeness (QED) is 0.0319. The topological polar surface area (TPSA) is 136 Å². The average molecular weight is 1350 g/mol. The van der Waals surface area contributed by atoms with Crippen LogP contribution in [0.2, 0.25) is 72.5 Å². The highest BCUT2D eigenvalue weighted by molar-refractivity contribution is 14.1. The summed E-state index contributed by atoms with van der Waals surface area (Å²) in [5.74, 6) is -3.62. The summed E-state index contributed by atoms with van der Waals surface area (Å²) in [7, 11) is -9.46. The Balaban J connectivity index is 2.67. The van der Waals surface area contributed by atoms with E-state index in [0.717, 1.165) is 38.5 Å². The lowest BCUT2D eigenvalue weighted by molar-refractivity contribution is -0.347. The molecule has 2 saturated heterocycles. The third-order valence-corrected chi connectivity index (χ3v) is 40.0. The van der Waals surface area contributed by atoms with Crippen LogP contribution in [0, 0.1) is 53.3 Å². The van der Waals surface area contributed by atoms with Crippen LogP contribution in [0.5, 0.6) is 0 Å². The molecule has 2 fully saturated rings. The Labute approximate surface area is 528 Å². The van der Waals surface area contributed by atoms with Crippen molar-refractivity contribution in [1.82, 2.24) is 0 Å². The van der Waals surface area contributed by atoms with Crippen LogP contribution >= 0.6 is 22.6 Å². The van der Waals surface area contributed by atoms with Crippen molar-refractivity contribution in [1.29, 1.82) is 0 Å². The zero-order chi connectivity index (χ0) is 64.6. The predicted octanol–water partition coefficient (Wildman–Crippen LogP) is 18.5. The minimum Gasteiger partial charge on any atom is -0.459 e. The molecule has 17 atom stereocenters. The van der Waals surface area contributed by atoms with E-state index in [-0.39, 0.29) is 74.4 Å². The molecule has 2 rings (SSSR count). The molecule has 0 saturated carbocycles. The van der Waals surface area contributed by atoms with Gasteiger partial charge in [-0.2, -0.15) is 0 Å². The van der Waals surface area contributed by atoms with E-state index in [1.54, 1.807) is 6.08 Å². The molecule has 1 spiro atoms. The summed E-state index contributed by atoms with van der Waals surface area (Å²) in [6, 6.07) is 0. The van der Waals surface area contributed by atoms with E-state index in [9.17, 15) is 9.90 Å². The summed E-state index contributed by atoms with van der Waals surface area (Å²) in [5, 5.41) is 9.76. The van der Waals surface area contributed by atoms with Crippen molar-refractivity contribution in [3.8, 4) is 0 Å². The van der Waals surface area contributed by atoms with Gasteiger partial charge in [-0.05, 0) is 140 Å². The number of aliphatic hydroxyl groups is 1. The molecule has 83 heavy (non-hydrogen) atoms. The highest BCUT2D eigenvalue weighted by atomic mass is 127. The lowest BCUT2D eigenvalue weighted by atomic mass is 9.77. The van der Waals surface area contributed by atoms with Crippen LogP contribution in [0.4, 0.5) is 0 Å². The Morgan fingerprint density at radius 3 is 1.49 bits per heavy atom. The van der Waals surface area contributed by atoms with Crippen molar-refractivity contribution in [3.63, 3.8) is 0 Å². The summed E-state index contributed by atoms with van der Waals surface area (Å²) < 4.78 is 51.7. The number of halogens is 1. The van der Waals surface area contributed by atoms with Gasteiger partial charge in [0, 0.05) is 67.1 Å². The van der Waals surface area contributed by atoms with Crippen molar-refractivity contribution in [2.24, 2.45) is 53.3 Å². The van der Waals surface area contributed by atoms with Crippen molar-refractivity contribution in [3.05, 3.63) is 22.3 Å². The highest BCUT2D eigenvalue weighted by Crippen LogP contribution is 2.48. The lowest BCUT2D eigenvalue weighted by Gasteiger charge is -2.52. The van der Waals surface area contributed by atoms with Crippen molar-refractivity contribution < 1.29 is 51.4 Å².